The molecule has 1 aliphatic rings. The molecule has 116 valence electrons. The maximum Gasteiger partial charge on any atom is 0.241 e. The lowest BCUT2D eigenvalue weighted by molar-refractivity contribution is -0.129. The Balaban J connectivity index is 1.97. The van der Waals surface area contributed by atoms with E-state index in [9.17, 15) is 4.79 Å². The third-order valence-corrected chi connectivity index (χ3v) is 4.91. The summed E-state index contributed by atoms with van der Waals surface area (Å²) in [5.41, 5.74) is 0.859. The molecule has 1 fully saturated rings. The number of nitrogens with zero attached hydrogens (tertiary/aromatic N) is 1. The Bertz CT molecular complexity index is 501. The quantitative estimate of drug-likeness (QED) is 0.800. The molecular weight excluding hydrogens is 400 g/mol. The van der Waals surface area contributed by atoms with Crippen molar-refractivity contribution in [3.63, 3.8) is 0 Å². The number of ether oxygens (including phenoxy) is 1. The number of nitrogens with one attached hydrogen (secondary N) is 1. The van der Waals surface area contributed by atoms with Gasteiger partial charge in [-0.15, -0.1) is 0 Å². The Labute approximate surface area is 142 Å². The molecule has 0 bridgehead atoms. The van der Waals surface area contributed by atoms with E-state index in [0.29, 0.717) is 6.54 Å². The first-order chi connectivity index (χ1) is 10.1. The lowest BCUT2D eigenvalue weighted by Crippen LogP contribution is -2.36. The Kier molecular flexibility index (Phi) is 6.36. The number of likely N-dealkylation sites (tertiary alicyclic amines) is 1. The molecule has 0 unspecified atom stereocenters. The molecule has 0 saturated carbocycles. The third-order valence-electron chi connectivity index (χ3n) is 3.63. The minimum atomic E-state index is 0.158. The maximum absolute atomic E-state index is 12.3. The van der Waals surface area contributed by atoms with Gasteiger partial charge in [-0.1, -0.05) is 12.8 Å². The lowest BCUT2D eigenvalue weighted by atomic mass is 10.2. The second-order valence-corrected chi connectivity index (χ2v) is 6.82. The summed E-state index contributed by atoms with van der Waals surface area (Å²) < 4.78 is 7.06. The summed E-state index contributed by atoms with van der Waals surface area (Å²) in [6, 6.07) is 3.79. The summed E-state index contributed by atoms with van der Waals surface area (Å²) in [7, 11) is 1.63. The first kappa shape index (κ1) is 16.6. The predicted molar refractivity (Wildman–Crippen MR) is 91.9 cm³/mol. The van der Waals surface area contributed by atoms with E-state index in [1.165, 1.54) is 12.8 Å². The molecule has 0 spiro atoms. The molecule has 1 aromatic carbocycles. The van der Waals surface area contributed by atoms with Crippen LogP contribution in [0.3, 0.4) is 0 Å². The second-order valence-electron chi connectivity index (χ2n) is 5.12. The van der Waals surface area contributed by atoms with Gasteiger partial charge in [0.1, 0.15) is 5.75 Å². The van der Waals surface area contributed by atoms with Crippen LogP contribution < -0.4 is 10.1 Å². The number of halogens is 2. The van der Waals surface area contributed by atoms with E-state index >= 15 is 0 Å². The fraction of sp³-hybridized carbons (Fsp3) is 0.533. The van der Waals surface area contributed by atoms with Crippen molar-refractivity contribution >= 4 is 43.5 Å². The molecule has 0 aromatic heterocycles. The molecule has 6 heteroatoms. The fourth-order valence-corrected chi connectivity index (χ4v) is 3.72. The van der Waals surface area contributed by atoms with Crippen LogP contribution in [0.1, 0.15) is 25.7 Å². The largest absolute Gasteiger partial charge is 0.495 e. The predicted octanol–water partition coefficient (Wildman–Crippen LogP) is 4.03. The van der Waals surface area contributed by atoms with Crippen molar-refractivity contribution in [1.29, 1.82) is 0 Å². The van der Waals surface area contributed by atoms with E-state index in [1.54, 1.807) is 7.11 Å². The van der Waals surface area contributed by atoms with E-state index < -0.39 is 0 Å². The zero-order valence-corrected chi connectivity index (χ0v) is 15.3. The molecule has 1 amide bonds. The van der Waals surface area contributed by atoms with Crippen molar-refractivity contribution in [2.45, 2.75) is 25.7 Å². The SMILES string of the molecule is COc1cc(NCC(=O)N2CCCCCC2)c(Br)cc1Br. The molecule has 0 atom stereocenters. The van der Waals surface area contributed by atoms with E-state index in [2.05, 4.69) is 37.2 Å². The summed E-state index contributed by atoms with van der Waals surface area (Å²) in [6.45, 7) is 2.07. The summed E-state index contributed by atoms with van der Waals surface area (Å²) >= 11 is 6.93. The van der Waals surface area contributed by atoms with Gasteiger partial charge in [0.2, 0.25) is 5.91 Å². The van der Waals surface area contributed by atoms with Crippen molar-refractivity contribution in [2.75, 3.05) is 32.1 Å². The average Bonchev–Trinajstić information content (AvgIpc) is 2.75. The molecule has 1 saturated heterocycles. The van der Waals surface area contributed by atoms with Crippen LogP contribution in [0.25, 0.3) is 0 Å². The zero-order valence-electron chi connectivity index (χ0n) is 12.1. The third kappa shape index (κ3) is 4.61. The molecule has 4 nitrogen and oxygen atoms in total. The van der Waals surface area contributed by atoms with Gasteiger partial charge in [-0.3, -0.25) is 4.79 Å². The number of carbonyl (C=O) groups excluding carboxylic acids is 1. The number of anilines is 1. The zero-order chi connectivity index (χ0) is 15.2. The highest BCUT2D eigenvalue weighted by atomic mass is 79.9. The summed E-state index contributed by atoms with van der Waals surface area (Å²) in [4.78, 5) is 14.2. The fourth-order valence-electron chi connectivity index (χ4n) is 2.42. The van der Waals surface area contributed by atoms with Crippen molar-refractivity contribution < 1.29 is 9.53 Å². The van der Waals surface area contributed by atoms with Gasteiger partial charge in [0.25, 0.3) is 0 Å². The normalized spacial score (nSPS) is 15.5. The topological polar surface area (TPSA) is 41.6 Å². The smallest absolute Gasteiger partial charge is 0.241 e. The molecule has 1 aromatic rings. The number of hydrogen-bond acceptors (Lipinski definition) is 3. The molecule has 0 aliphatic carbocycles. The number of amides is 1. The average molecular weight is 420 g/mol. The molecule has 21 heavy (non-hydrogen) atoms. The maximum atomic E-state index is 12.3. The van der Waals surface area contributed by atoms with Gasteiger partial charge in [-0.25, -0.2) is 0 Å². The molecule has 0 radical (unpaired) electrons. The van der Waals surface area contributed by atoms with Crippen molar-refractivity contribution in [3.8, 4) is 5.75 Å². The van der Waals surface area contributed by atoms with Crippen LogP contribution in [0.15, 0.2) is 21.1 Å². The Morgan fingerprint density at radius 2 is 1.86 bits per heavy atom. The van der Waals surface area contributed by atoms with Crippen molar-refractivity contribution in [1.82, 2.24) is 4.90 Å². The van der Waals surface area contributed by atoms with Crippen LogP contribution in [-0.2, 0) is 4.79 Å². The minimum Gasteiger partial charge on any atom is -0.495 e. The first-order valence-corrected chi connectivity index (χ1v) is 8.75. The highest BCUT2D eigenvalue weighted by Crippen LogP contribution is 2.34. The first-order valence-electron chi connectivity index (χ1n) is 7.16. The highest BCUT2D eigenvalue weighted by molar-refractivity contribution is 9.11. The lowest BCUT2D eigenvalue weighted by Gasteiger charge is -2.21. The molecule has 1 N–H and O–H groups in total. The second kappa shape index (κ2) is 8.03. The van der Waals surface area contributed by atoms with Crippen LogP contribution in [0.2, 0.25) is 0 Å². The van der Waals surface area contributed by atoms with Crippen molar-refractivity contribution in [2.24, 2.45) is 0 Å². The molecular formula is C15H20Br2N2O2. The Hall–Kier alpha value is -0.750. The number of hydrogen-bond donors (Lipinski definition) is 1. The van der Waals surface area contributed by atoms with Crippen LogP contribution in [0, 0.1) is 0 Å². The van der Waals surface area contributed by atoms with Gasteiger partial charge in [-0.2, -0.15) is 0 Å². The standard InChI is InChI=1S/C15H20Br2N2O2/c1-21-14-9-13(11(16)8-12(14)17)18-10-15(20)19-6-4-2-3-5-7-19/h8-9,18H,2-7,10H2,1H3. The minimum absolute atomic E-state index is 0.158. The molecule has 1 heterocycles. The number of carbonyl (C=O) groups is 1. The van der Waals surface area contributed by atoms with Crippen LogP contribution in [0.4, 0.5) is 5.69 Å². The highest BCUT2D eigenvalue weighted by Gasteiger charge is 2.16. The molecule has 1 aliphatic heterocycles. The summed E-state index contributed by atoms with van der Waals surface area (Å²) in [6.07, 6.45) is 4.68. The van der Waals surface area contributed by atoms with E-state index in [1.807, 2.05) is 17.0 Å². The summed E-state index contributed by atoms with van der Waals surface area (Å²) in [5.74, 6) is 0.897. The van der Waals surface area contributed by atoms with Gasteiger partial charge in [0.15, 0.2) is 0 Å². The Morgan fingerprint density at radius 1 is 1.19 bits per heavy atom. The summed E-state index contributed by atoms with van der Waals surface area (Å²) in [5, 5.41) is 3.19. The van der Waals surface area contributed by atoms with Gasteiger partial charge in [0.05, 0.1) is 23.8 Å². The molecule has 2 rings (SSSR count). The van der Waals surface area contributed by atoms with Gasteiger partial charge in [0, 0.05) is 23.6 Å². The van der Waals surface area contributed by atoms with Gasteiger partial charge < -0.3 is 15.0 Å². The van der Waals surface area contributed by atoms with Crippen LogP contribution in [0.5, 0.6) is 5.75 Å². The van der Waals surface area contributed by atoms with Crippen LogP contribution >= 0.6 is 31.9 Å². The van der Waals surface area contributed by atoms with E-state index in [-0.39, 0.29) is 5.91 Å². The van der Waals surface area contributed by atoms with E-state index in [0.717, 1.165) is 46.3 Å². The van der Waals surface area contributed by atoms with Gasteiger partial charge in [-0.05, 0) is 50.8 Å². The number of rotatable bonds is 4. The van der Waals surface area contributed by atoms with Gasteiger partial charge >= 0.3 is 0 Å². The number of benzene rings is 1. The monoisotopic (exact) mass is 418 g/mol. The number of methoxy groups -OCH3 is 1. The Morgan fingerprint density at radius 3 is 2.48 bits per heavy atom. The van der Waals surface area contributed by atoms with Crippen molar-refractivity contribution in [3.05, 3.63) is 21.1 Å². The van der Waals surface area contributed by atoms with Crippen LogP contribution in [-0.4, -0.2) is 37.6 Å². The van der Waals surface area contributed by atoms with E-state index in [4.69, 9.17) is 4.74 Å².